The third kappa shape index (κ3) is 2.71. The minimum atomic E-state index is 0.489. The van der Waals surface area contributed by atoms with Crippen LogP contribution in [0.3, 0.4) is 0 Å². The number of aromatic amines is 1. The van der Waals surface area contributed by atoms with Crippen LogP contribution in [0.25, 0.3) is 11.6 Å². The number of hydrogen-bond donors (Lipinski definition) is 2. The van der Waals surface area contributed by atoms with Gasteiger partial charge in [-0.15, -0.1) is 0 Å². The topological polar surface area (TPSA) is 93.4 Å². The van der Waals surface area contributed by atoms with Gasteiger partial charge >= 0.3 is 0 Å². The summed E-state index contributed by atoms with van der Waals surface area (Å²) in [6.45, 7) is 4.28. The molecule has 0 spiro atoms. The molecular formula is C10H13IN6. The normalized spacial score (nSPS) is 11.1. The molecule has 0 fully saturated rings. The summed E-state index contributed by atoms with van der Waals surface area (Å²) in [5.74, 6) is 2.04. The summed E-state index contributed by atoms with van der Waals surface area (Å²) in [5, 5.41) is 6.52. The number of aromatic nitrogens is 5. The number of anilines is 1. The third-order valence-electron chi connectivity index (χ3n) is 2.17. The maximum absolute atomic E-state index is 5.88. The van der Waals surface area contributed by atoms with Crippen LogP contribution in [-0.2, 0) is 6.42 Å². The summed E-state index contributed by atoms with van der Waals surface area (Å²) in [4.78, 5) is 12.7. The highest BCUT2D eigenvalue weighted by Gasteiger charge is 2.13. The number of H-pyrrole nitrogens is 1. The quantitative estimate of drug-likeness (QED) is 0.826. The fourth-order valence-electron chi connectivity index (χ4n) is 1.45. The van der Waals surface area contributed by atoms with Crippen LogP contribution in [0.4, 0.5) is 5.82 Å². The molecule has 0 aliphatic rings. The number of nitrogens with one attached hydrogen (secondary N) is 1. The number of nitrogens with zero attached hydrogens (tertiary/aromatic N) is 4. The Kier molecular flexibility index (Phi) is 3.55. The fraction of sp³-hybridized carbons (Fsp3) is 0.400. The van der Waals surface area contributed by atoms with E-state index in [0.29, 0.717) is 23.4 Å². The minimum absolute atomic E-state index is 0.489. The number of nitrogens with two attached hydrogens (primary N) is 1. The molecule has 6 nitrogen and oxygen atoms in total. The van der Waals surface area contributed by atoms with Gasteiger partial charge in [-0.2, -0.15) is 5.10 Å². The van der Waals surface area contributed by atoms with Crippen molar-refractivity contribution in [3.8, 4) is 11.6 Å². The smallest absolute Gasteiger partial charge is 0.199 e. The van der Waals surface area contributed by atoms with Gasteiger partial charge in [-0.25, -0.2) is 15.0 Å². The highest BCUT2D eigenvalue weighted by molar-refractivity contribution is 14.1. The lowest BCUT2D eigenvalue weighted by Gasteiger charge is -2.09. The van der Waals surface area contributed by atoms with Crippen molar-refractivity contribution in [2.24, 2.45) is 5.92 Å². The van der Waals surface area contributed by atoms with E-state index < -0.39 is 0 Å². The average Bonchev–Trinajstić information content (AvgIpc) is 2.77. The molecule has 90 valence electrons. The zero-order valence-corrected chi connectivity index (χ0v) is 11.8. The Balaban J connectivity index is 2.46. The molecule has 0 aliphatic carbocycles. The maximum atomic E-state index is 5.88. The molecule has 7 heteroatoms. The molecule has 0 unspecified atom stereocenters. The van der Waals surface area contributed by atoms with Crippen LogP contribution in [0.5, 0.6) is 0 Å². The van der Waals surface area contributed by atoms with Gasteiger partial charge in [0.25, 0.3) is 0 Å². The van der Waals surface area contributed by atoms with E-state index in [-0.39, 0.29) is 0 Å². The van der Waals surface area contributed by atoms with Crippen LogP contribution in [-0.4, -0.2) is 25.1 Å². The van der Waals surface area contributed by atoms with Gasteiger partial charge in [0.1, 0.15) is 12.1 Å². The zero-order chi connectivity index (χ0) is 12.4. The van der Waals surface area contributed by atoms with E-state index in [9.17, 15) is 0 Å². The molecule has 2 aromatic heterocycles. The van der Waals surface area contributed by atoms with E-state index in [1.165, 1.54) is 6.33 Å². The monoisotopic (exact) mass is 344 g/mol. The molecule has 0 saturated heterocycles. The van der Waals surface area contributed by atoms with E-state index in [1.807, 2.05) is 0 Å². The summed E-state index contributed by atoms with van der Waals surface area (Å²) in [6.07, 6.45) is 2.29. The predicted molar refractivity (Wildman–Crippen MR) is 73.1 cm³/mol. The van der Waals surface area contributed by atoms with Crippen molar-refractivity contribution < 1.29 is 0 Å². The second kappa shape index (κ2) is 4.94. The number of rotatable bonds is 3. The van der Waals surface area contributed by atoms with Crippen molar-refractivity contribution in [1.82, 2.24) is 25.1 Å². The molecule has 2 heterocycles. The van der Waals surface area contributed by atoms with Gasteiger partial charge in [-0.05, 0) is 34.9 Å². The van der Waals surface area contributed by atoms with Gasteiger partial charge in [0.2, 0.25) is 0 Å². The molecule has 2 aromatic rings. The van der Waals surface area contributed by atoms with Crippen LogP contribution in [0.2, 0.25) is 0 Å². The van der Waals surface area contributed by atoms with Crippen molar-refractivity contribution in [3.63, 3.8) is 0 Å². The highest BCUT2D eigenvalue weighted by Crippen LogP contribution is 2.21. The Labute approximate surface area is 113 Å². The minimum Gasteiger partial charge on any atom is -0.383 e. The highest BCUT2D eigenvalue weighted by atomic mass is 127. The number of hydrogen-bond acceptors (Lipinski definition) is 5. The summed E-state index contributed by atoms with van der Waals surface area (Å²) < 4.78 is 0.916. The summed E-state index contributed by atoms with van der Waals surface area (Å²) in [5.41, 5.74) is 6.84. The Morgan fingerprint density at radius 3 is 2.76 bits per heavy atom. The first-order valence-electron chi connectivity index (χ1n) is 5.25. The third-order valence-corrected chi connectivity index (χ3v) is 3.35. The number of halogens is 1. The Morgan fingerprint density at radius 2 is 2.18 bits per heavy atom. The van der Waals surface area contributed by atoms with Gasteiger partial charge in [0, 0.05) is 0 Å². The molecule has 0 atom stereocenters. The molecule has 0 bridgehead atoms. The first kappa shape index (κ1) is 12.2. The molecule has 3 N–H and O–H groups in total. The zero-order valence-electron chi connectivity index (χ0n) is 9.61. The van der Waals surface area contributed by atoms with Gasteiger partial charge in [-0.3, -0.25) is 5.10 Å². The van der Waals surface area contributed by atoms with Crippen LogP contribution in [0.1, 0.15) is 19.5 Å². The maximum Gasteiger partial charge on any atom is 0.199 e. The molecular weight excluding hydrogens is 331 g/mol. The summed E-state index contributed by atoms with van der Waals surface area (Å²) in [6, 6.07) is 0. The van der Waals surface area contributed by atoms with Crippen LogP contribution < -0.4 is 5.73 Å². The summed E-state index contributed by atoms with van der Waals surface area (Å²) >= 11 is 2.18. The summed E-state index contributed by atoms with van der Waals surface area (Å²) in [7, 11) is 0. The fourth-order valence-corrected chi connectivity index (χ4v) is 1.92. The van der Waals surface area contributed by atoms with E-state index in [2.05, 4.69) is 61.6 Å². The molecule has 2 rings (SSSR count). The van der Waals surface area contributed by atoms with Crippen molar-refractivity contribution in [2.75, 3.05) is 5.73 Å². The SMILES string of the molecule is CC(C)Cc1nc(-c2ncn[nH]2)nc(N)c1I. The van der Waals surface area contributed by atoms with E-state index in [1.54, 1.807) is 0 Å². The molecule has 0 amide bonds. The van der Waals surface area contributed by atoms with Crippen molar-refractivity contribution in [3.05, 3.63) is 15.6 Å². The average molecular weight is 344 g/mol. The molecule has 0 saturated carbocycles. The van der Waals surface area contributed by atoms with E-state index >= 15 is 0 Å². The lowest BCUT2D eigenvalue weighted by Crippen LogP contribution is -2.08. The second-order valence-corrected chi connectivity index (χ2v) is 5.20. The van der Waals surface area contributed by atoms with Gasteiger partial charge < -0.3 is 5.73 Å². The van der Waals surface area contributed by atoms with E-state index in [4.69, 9.17) is 5.73 Å². The second-order valence-electron chi connectivity index (χ2n) is 4.13. The standard InChI is InChI=1S/C10H13IN6/c1-5(2)3-6-7(11)8(12)16-10(15-6)9-13-4-14-17-9/h4-5H,3H2,1-2H3,(H2,12,15,16)(H,13,14,17). The van der Waals surface area contributed by atoms with Crippen LogP contribution in [0.15, 0.2) is 6.33 Å². The Bertz CT molecular complexity index is 508. The van der Waals surface area contributed by atoms with Gasteiger partial charge in [0.05, 0.1) is 9.26 Å². The largest absolute Gasteiger partial charge is 0.383 e. The lowest BCUT2D eigenvalue weighted by molar-refractivity contribution is 0.632. The first-order valence-corrected chi connectivity index (χ1v) is 6.33. The molecule has 17 heavy (non-hydrogen) atoms. The molecule has 0 aromatic carbocycles. The Hall–Kier alpha value is -1.25. The van der Waals surface area contributed by atoms with Crippen molar-refractivity contribution >= 4 is 28.4 Å². The van der Waals surface area contributed by atoms with Crippen molar-refractivity contribution in [1.29, 1.82) is 0 Å². The van der Waals surface area contributed by atoms with Crippen LogP contribution >= 0.6 is 22.6 Å². The van der Waals surface area contributed by atoms with Crippen LogP contribution in [0, 0.1) is 9.49 Å². The van der Waals surface area contributed by atoms with E-state index in [0.717, 1.165) is 15.7 Å². The number of nitrogen functional groups attached to an aromatic ring is 1. The van der Waals surface area contributed by atoms with Crippen molar-refractivity contribution in [2.45, 2.75) is 20.3 Å². The van der Waals surface area contributed by atoms with Gasteiger partial charge in [-0.1, -0.05) is 13.8 Å². The molecule has 0 radical (unpaired) electrons. The lowest BCUT2D eigenvalue weighted by atomic mass is 10.1. The first-order chi connectivity index (χ1) is 8.08. The Morgan fingerprint density at radius 1 is 1.41 bits per heavy atom. The molecule has 0 aliphatic heterocycles. The predicted octanol–water partition coefficient (Wildman–Crippen LogP) is 1.65. The van der Waals surface area contributed by atoms with Gasteiger partial charge in [0.15, 0.2) is 11.6 Å².